The Balaban J connectivity index is 3.50. The van der Waals surface area contributed by atoms with Crippen LogP contribution in [0.5, 0.6) is 0 Å². The van der Waals surface area contributed by atoms with Gasteiger partial charge in [0.2, 0.25) is 0 Å². The topological polar surface area (TPSA) is 76.0 Å². The Labute approximate surface area is 58.0 Å². The monoisotopic (exact) mass is 146 g/mol. The van der Waals surface area contributed by atoms with E-state index in [1.165, 1.54) is 6.92 Å². The van der Waals surface area contributed by atoms with Gasteiger partial charge in [0.1, 0.15) is 0 Å². The molecule has 0 amide bonds. The first-order chi connectivity index (χ1) is 4.54. The molecule has 0 aromatic carbocycles. The molecular weight excluding hydrogens is 139 g/mol. The summed E-state index contributed by atoms with van der Waals surface area (Å²) >= 11 is 0. The first-order valence-electron chi connectivity index (χ1n) is 2.43. The van der Waals surface area contributed by atoms with Gasteiger partial charge in [0.25, 0.3) is 0 Å². The van der Waals surface area contributed by atoms with E-state index in [-0.39, 0.29) is 5.57 Å². The second-order valence-corrected chi connectivity index (χ2v) is 1.57. The normalized spacial score (nSPS) is 8.70. The molecule has 0 aliphatic rings. The van der Waals surface area contributed by atoms with Crippen molar-refractivity contribution in [3.8, 4) is 0 Å². The molecule has 56 valence electrons. The summed E-state index contributed by atoms with van der Waals surface area (Å²) in [6.07, 6.45) is 0. The van der Waals surface area contributed by atoms with E-state index >= 15 is 0 Å². The van der Waals surface area contributed by atoms with E-state index in [4.69, 9.17) is 10.0 Å². The predicted molar refractivity (Wildman–Crippen MR) is 32.2 cm³/mol. The summed E-state index contributed by atoms with van der Waals surface area (Å²) < 4.78 is 0. The van der Waals surface area contributed by atoms with Crippen LogP contribution in [-0.4, -0.2) is 23.3 Å². The molecule has 5 nitrogen and oxygen atoms in total. The number of carbonyl (C=O) groups excluding carboxylic acids is 1. The van der Waals surface area contributed by atoms with Gasteiger partial charge in [-0.1, -0.05) is 6.58 Å². The van der Waals surface area contributed by atoms with Crippen molar-refractivity contribution in [1.29, 1.82) is 0 Å². The molecular formula is C4H7BO5. The Bertz CT molecular complexity index is 143. The van der Waals surface area contributed by atoms with Crippen LogP contribution in [0.1, 0.15) is 6.92 Å². The lowest BCUT2D eigenvalue weighted by Gasteiger charge is -1.99. The van der Waals surface area contributed by atoms with E-state index in [0.29, 0.717) is 0 Å². The summed E-state index contributed by atoms with van der Waals surface area (Å²) in [5.41, 5.74) is 0.112. The van der Waals surface area contributed by atoms with E-state index in [9.17, 15) is 4.79 Å². The molecule has 0 saturated carbocycles. The van der Waals surface area contributed by atoms with Gasteiger partial charge in [0.15, 0.2) is 0 Å². The maximum Gasteiger partial charge on any atom is 0.673 e. The first-order valence-corrected chi connectivity index (χ1v) is 2.43. The van der Waals surface area contributed by atoms with Crippen molar-refractivity contribution >= 4 is 13.3 Å². The molecule has 0 heterocycles. The molecule has 2 N–H and O–H groups in total. The van der Waals surface area contributed by atoms with Gasteiger partial charge in [-0.3, -0.25) is 0 Å². The van der Waals surface area contributed by atoms with Crippen LogP contribution in [0.25, 0.3) is 0 Å². The third-order valence-electron chi connectivity index (χ3n) is 0.558. The zero-order chi connectivity index (χ0) is 8.15. The van der Waals surface area contributed by atoms with Gasteiger partial charge in [-0.25, -0.2) is 4.79 Å². The van der Waals surface area contributed by atoms with Crippen molar-refractivity contribution in [2.45, 2.75) is 6.92 Å². The molecule has 0 aromatic rings. The molecule has 0 rings (SSSR count). The molecule has 0 saturated heterocycles. The standard InChI is InChI=1S/C4H7BO5/c1-3(2)4(6)9-10-5(7)8/h7-8H,1H2,2H3. The number of hydrogen-bond acceptors (Lipinski definition) is 5. The number of rotatable bonds is 3. The second-order valence-electron chi connectivity index (χ2n) is 1.57. The third kappa shape index (κ3) is 4.08. The zero-order valence-electron chi connectivity index (χ0n) is 5.40. The van der Waals surface area contributed by atoms with Crippen LogP contribution < -0.4 is 0 Å². The minimum Gasteiger partial charge on any atom is -0.400 e. The van der Waals surface area contributed by atoms with Crippen molar-refractivity contribution < 1.29 is 24.5 Å². The van der Waals surface area contributed by atoms with Crippen LogP contribution in [0.4, 0.5) is 0 Å². The van der Waals surface area contributed by atoms with Crippen LogP contribution >= 0.6 is 0 Å². The Morgan fingerprint density at radius 3 is 2.40 bits per heavy atom. The molecule has 0 fully saturated rings. The fourth-order valence-electron chi connectivity index (χ4n) is 0.158. The predicted octanol–water partition coefficient (Wildman–Crippen LogP) is -0.993. The molecule has 0 radical (unpaired) electrons. The molecule has 0 aliphatic carbocycles. The molecule has 6 heteroatoms. The smallest absolute Gasteiger partial charge is 0.400 e. The van der Waals surface area contributed by atoms with E-state index < -0.39 is 13.3 Å². The molecule has 0 unspecified atom stereocenters. The summed E-state index contributed by atoms with van der Waals surface area (Å²) in [4.78, 5) is 17.9. The highest BCUT2D eigenvalue weighted by molar-refractivity contribution is 6.32. The van der Waals surface area contributed by atoms with E-state index in [1.807, 2.05) is 0 Å². The number of carbonyl (C=O) groups is 1. The highest BCUT2D eigenvalue weighted by atomic mass is 17.2. The Morgan fingerprint density at radius 1 is 1.60 bits per heavy atom. The lowest BCUT2D eigenvalue weighted by Crippen LogP contribution is -2.20. The second kappa shape index (κ2) is 4.05. The summed E-state index contributed by atoms with van der Waals surface area (Å²) in [6, 6.07) is 0. The zero-order valence-corrected chi connectivity index (χ0v) is 5.40. The average Bonchev–Trinajstić information content (AvgIpc) is 1.82. The first kappa shape index (κ1) is 9.15. The van der Waals surface area contributed by atoms with Crippen LogP contribution in [0, 0.1) is 0 Å². The lowest BCUT2D eigenvalue weighted by molar-refractivity contribution is -0.225. The van der Waals surface area contributed by atoms with Gasteiger partial charge in [0.05, 0.1) is 0 Å². The highest BCUT2D eigenvalue weighted by Gasteiger charge is 2.13. The Hall–Kier alpha value is -0.845. The molecule has 0 aliphatic heterocycles. The Kier molecular flexibility index (Phi) is 3.71. The maximum absolute atomic E-state index is 10.4. The van der Waals surface area contributed by atoms with Crippen LogP contribution in [0.2, 0.25) is 0 Å². The average molecular weight is 146 g/mol. The summed E-state index contributed by atoms with van der Waals surface area (Å²) in [6.45, 7) is 4.61. The third-order valence-corrected chi connectivity index (χ3v) is 0.558. The number of hydrogen-bond donors (Lipinski definition) is 2. The Morgan fingerprint density at radius 2 is 2.10 bits per heavy atom. The van der Waals surface area contributed by atoms with Crippen molar-refractivity contribution in [2.75, 3.05) is 0 Å². The molecule has 0 spiro atoms. The minimum absolute atomic E-state index is 0.112. The van der Waals surface area contributed by atoms with Gasteiger partial charge < -0.3 is 14.9 Å². The van der Waals surface area contributed by atoms with Gasteiger partial charge in [0, 0.05) is 5.57 Å². The summed E-state index contributed by atoms with van der Waals surface area (Å²) in [5.74, 6) is -0.840. The quantitative estimate of drug-likeness (QED) is 0.231. The minimum atomic E-state index is -2.11. The maximum atomic E-state index is 10.4. The van der Waals surface area contributed by atoms with Gasteiger partial charge in [-0.05, 0) is 6.92 Å². The fraction of sp³-hybridized carbons (Fsp3) is 0.250. The molecule has 10 heavy (non-hydrogen) atoms. The van der Waals surface area contributed by atoms with Crippen LogP contribution in [-0.2, 0) is 14.5 Å². The summed E-state index contributed by atoms with van der Waals surface area (Å²) in [5, 5.41) is 16.0. The van der Waals surface area contributed by atoms with Crippen molar-refractivity contribution in [3.63, 3.8) is 0 Å². The molecule has 0 atom stereocenters. The molecule has 0 bridgehead atoms. The molecule has 0 aromatic heterocycles. The van der Waals surface area contributed by atoms with Crippen LogP contribution in [0.3, 0.4) is 0 Å². The van der Waals surface area contributed by atoms with Crippen molar-refractivity contribution in [1.82, 2.24) is 0 Å². The lowest BCUT2D eigenvalue weighted by atomic mass is 10.3. The van der Waals surface area contributed by atoms with Crippen molar-refractivity contribution in [3.05, 3.63) is 12.2 Å². The van der Waals surface area contributed by atoms with Crippen molar-refractivity contribution in [2.24, 2.45) is 0 Å². The van der Waals surface area contributed by atoms with Gasteiger partial charge >= 0.3 is 13.3 Å². The largest absolute Gasteiger partial charge is 0.673 e. The van der Waals surface area contributed by atoms with Gasteiger partial charge in [-0.2, -0.15) is 4.81 Å². The SMILES string of the molecule is C=C(C)C(=O)OOB(O)O. The van der Waals surface area contributed by atoms with Crippen LogP contribution in [0.15, 0.2) is 12.2 Å². The van der Waals surface area contributed by atoms with E-state index in [0.717, 1.165) is 0 Å². The van der Waals surface area contributed by atoms with E-state index in [1.54, 1.807) is 0 Å². The van der Waals surface area contributed by atoms with E-state index in [2.05, 4.69) is 16.3 Å². The highest BCUT2D eigenvalue weighted by Crippen LogP contribution is 1.92. The van der Waals surface area contributed by atoms with Gasteiger partial charge in [-0.15, -0.1) is 0 Å². The fourth-order valence-corrected chi connectivity index (χ4v) is 0.158. The summed E-state index contributed by atoms with van der Waals surface area (Å²) in [7, 11) is -2.11.